The average Bonchev–Trinajstić information content (AvgIpc) is 3.19. The molecular formula is C14H19NO3. The number of esters is 1. The molecule has 0 radical (unpaired) electrons. The first-order valence-corrected chi connectivity index (χ1v) is 6.19. The highest BCUT2D eigenvalue weighted by Crippen LogP contribution is 2.31. The van der Waals surface area contributed by atoms with Gasteiger partial charge in [-0.1, -0.05) is 12.1 Å². The van der Waals surface area contributed by atoms with Crippen molar-refractivity contribution in [3.63, 3.8) is 0 Å². The lowest BCUT2D eigenvalue weighted by Crippen LogP contribution is -2.48. The number of hydrogen-bond donors (Lipinski definition) is 2. The van der Waals surface area contributed by atoms with Crippen LogP contribution in [0.5, 0.6) is 5.75 Å². The predicted molar refractivity (Wildman–Crippen MR) is 68.2 cm³/mol. The number of nitrogens with one attached hydrogen (secondary N) is 1. The summed E-state index contributed by atoms with van der Waals surface area (Å²) in [6.07, 6.45) is 2.43. The van der Waals surface area contributed by atoms with Gasteiger partial charge >= 0.3 is 5.97 Å². The van der Waals surface area contributed by atoms with Gasteiger partial charge in [-0.3, -0.25) is 5.32 Å². The Bertz CT molecular complexity index is 442. The Morgan fingerprint density at radius 1 is 1.56 bits per heavy atom. The highest BCUT2D eigenvalue weighted by Gasteiger charge is 2.37. The first-order valence-electron chi connectivity index (χ1n) is 6.19. The molecule has 1 unspecified atom stereocenters. The normalized spacial score (nSPS) is 18.1. The maximum absolute atomic E-state index is 12.0. The zero-order chi connectivity index (χ0) is 13.2. The lowest BCUT2D eigenvalue weighted by molar-refractivity contribution is -0.148. The molecular weight excluding hydrogens is 230 g/mol. The van der Waals surface area contributed by atoms with Crippen LogP contribution >= 0.6 is 0 Å². The van der Waals surface area contributed by atoms with Crippen molar-refractivity contribution in [2.45, 2.75) is 25.3 Å². The number of benzene rings is 1. The van der Waals surface area contributed by atoms with Crippen molar-refractivity contribution in [3.8, 4) is 5.75 Å². The highest BCUT2D eigenvalue weighted by molar-refractivity contribution is 5.82. The summed E-state index contributed by atoms with van der Waals surface area (Å²) in [4.78, 5) is 12.0. The first-order chi connectivity index (χ1) is 8.56. The van der Waals surface area contributed by atoms with Crippen LogP contribution < -0.4 is 5.32 Å². The Morgan fingerprint density at radius 2 is 2.28 bits per heavy atom. The molecule has 1 fully saturated rings. The maximum atomic E-state index is 12.0. The van der Waals surface area contributed by atoms with Crippen molar-refractivity contribution in [2.75, 3.05) is 13.7 Å². The largest absolute Gasteiger partial charge is 0.508 e. The second-order valence-corrected chi connectivity index (χ2v) is 4.99. The van der Waals surface area contributed by atoms with Gasteiger partial charge in [0.15, 0.2) is 0 Å². The molecule has 2 rings (SSSR count). The minimum atomic E-state index is -0.907. The Labute approximate surface area is 107 Å². The van der Waals surface area contributed by atoms with Gasteiger partial charge in [0.25, 0.3) is 0 Å². The van der Waals surface area contributed by atoms with Crippen LogP contribution in [0.1, 0.15) is 25.3 Å². The van der Waals surface area contributed by atoms with E-state index in [0.29, 0.717) is 5.92 Å². The molecule has 18 heavy (non-hydrogen) atoms. The van der Waals surface area contributed by atoms with Gasteiger partial charge in [-0.15, -0.1) is 0 Å². The molecule has 1 aromatic rings. The van der Waals surface area contributed by atoms with E-state index in [0.717, 1.165) is 12.1 Å². The maximum Gasteiger partial charge on any atom is 0.330 e. The van der Waals surface area contributed by atoms with E-state index in [-0.39, 0.29) is 11.7 Å². The van der Waals surface area contributed by atoms with E-state index in [4.69, 9.17) is 4.74 Å². The van der Waals surface area contributed by atoms with Gasteiger partial charge < -0.3 is 9.84 Å². The number of hydrogen-bond acceptors (Lipinski definition) is 4. The van der Waals surface area contributed by atoms with Crippen LogP contribution in [0.4, 0.5) is 0 Å². The third kappa shape index (κ3) is 2.64. The Hall–Kier alpha value is -1.55. The summed E-state index contributed by atoms with van der Waals surface area (Å²) in [6.45, 7) is 2.58. The quantitative estimate of drug-likeness (QED) is 0.781. The number of phenolic OH excluding ortho intramolecular Hbond substituents is 1. The number of aromatic hydroxyl groups is 1. The van der Waals surface area contributed by atoms with Crippen molar-refractivity contribution in [1.82, 2.24) is 5.32 Å². The summed E-state index contributed by atoms with van der Waals surface area (Å²) in [5.74, 6) is 0.468. The lowest BCUT2D eigenvalue weighted by atomic mass is 9.91. The zero-order valence-corrected chi connectivity index (χ0v) is 10.8. The van der Waals surface area contributed by atoms with Crippen molar-refractivity contribution in [2.24, 2.45) is 5.92 Å². The van der Waals surface area contributed by atoms with E-state index in [2.05, 4.69) is 5.32 Å². The van der Waals surface area contributed by atoms with Crippen LogP contribution in [-0.2, 0) is 15.1 Å². The number of phenols is 1. The number of ether oxygens (including phenoxy) is 1. The molecule has 0 amide bonds. The minimum absolute atomic E-state index is 0.149. The fourth-order valence-electron chi connectivity index (χ4n) is 1.98. The summed E-state index contributed by atoms with van der Waals surface area (Å²) in [6, 6.07) is 6.72. The molecule has 1 aromatic carbocycles. The van der Waals surface area contributed by atoms with Gasteiger partial charge in [-0.25, -0.2) is 4.79 Å². The van der Waals surface area contributed by atoms with Crippen LogP contribution in [-0.4, -0.2) is 24.7 Å². The van der Waals surface area contributed by atoms with E-state index in [1.54, 1.807) is 25.1 Å². The molecule has 0 spiro atoms. The summed E-state index contributed by atoms with van der Waals surface area (Å²) in [5.41, 5.74) is -0.189. The average molecular weight is 249 g/mol. The lowest BCUT2D eigenvalue weighted by Gasteiger charge is -2.28. The summed E-state index contributed by atoms with van der Waals surface area (Å²) >= 11 is 0. The third-order valence-corrected chi connectivity index (χ3v) is 3.46. The number of methoxy groups -OCH3 is 1. The van der Waals surface area contributed by atoms with Crippen molar-refractivity contribution in [3.05, 3.63) is 29.8 Å². The van der Waals surface area contributed by atoms with E-state index in [1.165, 1.54) is 20.0 Å². The van der Waals surface area contributed by atoms with E-state index in [9.17, 15) is 9.90 Å². The van der Waals surface area contributed by atoms with Crippen LogP contribution in [0.3, 0.4) is 0 Å². The summed E-state index contributed by atoms with van der Waals surface area (Å²) in [5, 5.41) is 12.8. The van der Waals surface area contributed by atoms with E-state index in [1.807, 2.05) is 6.07 Å². The molecule has 98 valence electrons. The first kappa shape index (κ1) is 12.9. The van der Waals surface area contributed by atoms with Crippen LogP contribution in [0.15, 0.2) is 24.3 Å². The molecule has 0 aromatic heterocycles. The molecule has 0 bridgehead atoms. The molecule has 1 atom stereocenters. The fraction of sp³-hybridized carbons (Fsp3) is 0.500. The van der Waals surface area contributed by atoms with Gasteiger partial charge in [0.1, 0.15) is 11.3 Å². The summed E-state index contributed by atoms with van der Waals surface area (Å²) < 4.78 is 4.88. The van der Waals surface area contributed by atoms with Gasteiger partial charge in [0.05, 0.1) is 7.11 Å². The van der Waals surface area contributed by atoms with Crippen LogP contribution in [0, 0.1) is 5.92 Å². The number of rotatable bonds is 5. The van der Waals surface area contributed by atoms with Crippen LogP contribution in [0.25, 0.3) is 0 Å². The molecule has 1 aliphatic rings. The number of carbonyl (C=O) groups excluding carboxylic acids is 1. The zero-order valence-electron chi connectivity index (χ0n) is 10.8. The third-order valence-electron chi connectivity index (χ3n) is 3.46. The highest BCUT2D eigenvalue weighted by atomic mass is 16.5. The van der Waals surface area contributed by atoms with Gasteiger partial charge in [0, 0.05) is 0 Å². The van der Waals surface area contributed by atoms with E-state index < -0.39 is 5.54 Å². The summed E-state index contributed by atoms with van der Waals surface area (Å²) in [7, 11) is 1.38. The van der Waals surface area contributed by atoms with Crippen LogP contribution in [0.2, 0.25) is 0 Å². The minimum Gasteiger partial charge on any atom is -0.508 e. The molecule has 1 saturated carbocycles. The van der Waals surface area contributed by atoms with E-state index >= 15 is 0 Å². The SMILES string of the molecule is COC(=O)C(C)(NCC1CC1)c1cccc(O)c1. The van der Waals surface area contributed by atoms with Crippen molar-refractivity contribution < 1.29 is 14.6 Å². The molecule has 1 aliphatic carbocycles. The predicted octanol–water partition coefficient (Wildman–Crippen LogP) is 1.78. The molecule has 0 saturated heterocycles. The van der Waals surface area contributed by atoms with Crippen molar-refractivity contribution >= 4 is 5.97 Å². The van der Waals surface area contributed by atoms with Gasteiger partial charge in [-0.2, -0.15) is 0 Å². The standard InChI is InChI=1S/C14H19NO3/c1-14(13(17)18-2,15-9-10-6-7-10)11-4-3-5-12(16)8-11/h3-5,8,10,15-16H,6-7,9H2,1-2H3. The Morgan fingerprint density at radius 3 is 2.83 bits per heavy atom. The topological polar surface area (TPSA) is 58.6 Å². The Kier molecular flexibility index (Phi) is 3.57. The van der Waals surface area contributed by atoms with Gasteiger partial charge in [0.2, 0.25) is 0 Å². The van der Waals surface area contributed by atoms with Gasteiger partial charge in [-0.05, 0) is 49.9 Å². The smallest absolute Gasteiger partial charge is 0.330 e. The second-order valence-electron chi connectivity index (χ2n) is 4.99. The number of carbonyl (C=O) groups is 1. The molecule has 4 heteroatoms. The molecule has 0 heterocycles. The Balaban J connectivity index is 2.24. The molecule has 2 N–H and O–H groups in total. The second kappa shape index (κ2) is 4.98. The fourth-order valence-corrected chi connectivity index (χ4v) is 1.98. The molecule has 0 aliphatic heterocycles. The van der Waals surface area contributed by atoms with Crippen molar-refractivity contribution in [1.29, 1.82) is 0 Å². The monoisotopic (exact) mass is 249 g/mol. The molecule has 4 nitrogen and oxygen atoms in total.